The molecule has 0 aliphatic rings. The Labute approximate surface area is 123 Å². The Morgan fingerprint density at radius 1 is 1.05 bits per heavy atom. The lowest BCUT2D eigenvalue weighted by Gasteiger charge is -2.05. The van der Waals surface area contributed by atoms with Crippen LogP contribution in [-0.4, -0.2) is 18.2 Å². The van der Waals surface area contributed by atoms with Crippen molar-refractivity contribution in [3.8, 4) is 11.1 Å². The molecular formula is C17H17NOS. The van der Waals surface area contributed by atoms with Gasteiger partial charge in [-0.15, -0.1) is 18.3 Å². The number of hydrogen-bond acceptors (Lipinski definition) is 2. The molecule has 0 aliphatic carbocycles. The predicted octanol–water partition coefficient (Wildman–Crippen LogP) is 3.75. The summed E-state index contributed by atoms with van der Waals surface area (Å²) in [6.07, 6.45) is 1.68. The molecule has 0 unspecified atom stereocenters. The van der Waals surface area contributed by atoms with Crippen LogP contribution < -0.4 is 5.32 Å². The minimum absolute atomic E-state index is 0.0297. The summed E-state index contributed by atoms with van der Waals surface area (Å²) < 4.78 is 0. The summed E-state index contributed by atoms with van der Waals surface area (Å²) in [4.78, 5) is 12.6. The van der Waals surface area contributed by atoms with Gasteiger partial charge in [-0.1, -0.05) is 48.5 Å². The first kappa shape index (κ1) is 14.4. The predicted molar refractivity (Wildman–Crippen MR) is 85.8 cm³/mol. The van der Waals surface area contributed by atoms with Crippen molar-refractivity contribution in [1.82, 2.24) is 5.32 Å². The Bertz CT molecular complexity index is 563. The number of rotatable bonds is 6. The van der Waals surface area contributed by atoms with E-state index >= 15 is 0 Å². The molecule has 2 aromatic rings. The summed E-state index contributed by atoms with van der Waals surface area (Å²) in [7, 11) is 0. The zero-order valence-electron chi connectivity index (χ0n) is 11.2. The SMILES string of the molecule is C=CCNC(=O)CSc1ccc(-c2ccccc2)cc1. The number of benzene rings is 2. The average Bonchev–Trinajstić information content (AvgIpc) is 2.52. The van der Waals surface area contributed by atoms with Gasteiger partial charge in [-0.3, -0.25) is 4.79 Å². The molecule has 1 N–H and O–H groups in total. The first-order chi connectivity index (χ1) is 9.79. The van der Waals surface area contributed by atoms with Crippen molar-refractivity contribution in [2.75, 3.05) is 12.3 Å². The Morgan fingerprint density at radius 3 is 2.35 bits per heavy atom. The molecule has 0 heterocycles. The molecular weight excluding hydrogens is 266 g/mol. The van der Waals surface area contributed by atoms with Crippen molar-refractivity contribution in [1.29, 1.82) is 0 Å². The highest BCUT2D eigenvalue weighted by Gasteiger charge is 2.02. The lowest BCUT2D eigenvalue weighted by atomic mass is 10.1. The highest BCUT2D eigenvalue weighted by atomic mass is 32.2. The first-order valence-electron chi connectivity index (χ1n) is 6.45. The van der Waals surface area contributed by atoms with E-state index in [1.807, 2.05) is 30.3 Å². The second-order valence-electron chi connectivity index (χ2n) is 4.27. The fourth-order valence-electron chi connectivity index (χ4n) is 1.76. The van der Waals surface area contributed by atoms with Crippen LogP contribution in [0, 0.1) is 0 Å². The molecule has 0 spiro atoms. The van der Waals surface area contributed by atoms with Gasteiger partial charge < -0.3 is 5.32 Å². The highest BCUT2D eigenvalue weighted by Crippen LogP contribution is 2.23. The number of thioether (sulfide) groups is 1. The van der Waals surface area contributed by atoms with Gasteiger partial charge in [0.1, 0.15) is 0 Å². The van der Waals surface area contributed by atoms with Crippen LogP contribution in [0.25, 0.3) is 11.1 Å². The quantitative estimate of drug-likeness (QED) is 0.646. The molecule has 0 aromatic heterocycles. The average molecular weight is 283 g/mol. The van der Waals surface area contributed by atoms with Crippen LogP contribution in [0.4, 0.5) is 0 Å². The van der Waals surface area contributed by atoms with Crippen molar-refractivity contribution in [2.45, 2.75) is 4.90 Å². The number of hydrogen-bond donors (Lipinski definition) is 1. The van der Waals surface area contributed by atoms with Crippen LogP contribution in [0.2, 0.25) is 0 Å². The van der Waals surface area contributed by atoms with Crippen LogP contribution in [0.1, 0.15) is 0 Å². The Balaban J connectivity index is 1.92. The standard InChI is InChI=1S/C17H17NOS/c1-2-12-18-17(19)13-20-16-10-8-15(9-11-16)14-6-4-3-5-7-14/h2-11H,1,12-13H2,(H,18,19). The molecule has 0 saturated carbocycles. The van der Waals surface area contributed by atoms with Gasteiger partial charge in [0.25, 0.3) is 0 Å². The lowest BCUT2D eigenvalue weighted by Crippen LogP contribution is -2.24. The highest BCUT2D eigenvalue weighted by molar-refractivity contribution is 8.00. The molecule has 2 aromatic carbocycles. The van der Waals surface area contributed by atoms with Gasteiger partial charge >= 0.3 is 0 Å². The van der Waals surface area contributed by atoms with Crippen LogP contribution in [0.15, 0.2) is 72.1 Å². The maximum Gasteiger partial charge on any atom is 0.230 e. The molecule has 1 amide bonds. The van der Waals surface area contributed by atoms with E-state index < -0.39 is 0 Å². The molecule has 0 atom stereocenters. The van der Waals surface area contributed by atoms with E-state index in [9.17, 15) is 4.79 Å². The zero-order valence-corrected chi connectivity index (χ0v) is 12.0. The summed E-state index contributed by atoms with van der Waals surface area (Å²) in [5.74, 6) is 0.459. The van der Waals surface area contributed by atoms with Gasteiger partial charge in [0.05, 0.1) is 5.75 Å². The summed E-state index contributed by atoms with van der Waals surface area (Å²) in [5.41, 5.74) is 2.39. The Kier molecular flexibility index (Phi) is 5.44. The van der Waals surface area contributed by atoms with Gasteiger partial charge in [-0.25, -0.2) is 0 Å². The number of carbonyl (C=O) groups is 1. The monoisotopic (exact) mass is 283 g/mol. The first-order valence-corrected chi connectivity index (χ1v) is 7.44. The third kappa shape index (κ3) is 4.28. The zero-order chi connectivity index (χ0) is 14.2. The molecule has 3 heteroatoms. The maximum atomic E-state index is 11.5. The van der Waals surface area contributed by atoms with Gasteiger partial charge in [-0.05, 0) is 23.3 Å². The number of carbonyl (C=O) groups excluding carboxylic acids is 1. The summed E-state index contributed by atoms with van der Waals surface area (Å²) in [5, 5.41) is 2.76. The molecule has 2 rings (SSSR count). The lowest BCUT2D eigenvalue weighted by molar-refractivity contribution is -0.118. The Hall–Kier alpha value is -2.00. The van der Waals surface area contributed by atoms with Crippen molar-refractivity contribution >= 4 is 17.7 Å². The van der Waals surface area contributed by atoms with E-state index in [0.717, 1.165) is 4.90 Å². The third-order valence-corrected chi connectivity index (χ3v) is 3.79. The topological polar surface area (TPSA) is 29.1 Å². The molecule has 0 radical (unpaired) electrons. The molecule has 0 bridgehead atoms. The van der Waals surface area contributed by atoms with E-state index in [1.165, 1.54) is 22.9 Å². The van der Waals surface area contributed by atoms with Crippen molar-refractivity contribution < 1.29 is 4.79 Å². The van der Waals surface area contributed by atoms with Crippen molar-refractivity contribution in [2.24, 2.45) is 0 Å². The largest absolute Gasteiger partial charge is 0.352 e. The fraction of sp³-hybridized carbons (Fsp3) is 0.118. The molecule has 0 saturated heterocycles. The van der Waals surface area contributed by atoms with E-state index in [0.29, 0.717) is 12.3 Å². The third-order valence-electron chi connectivity index (χ3n) is 2.77. The van der Waals surface area contributed by atoms with Gasteiger partial charge in [0.15, 0.2) is 0 Å². The second kappa shape index (κ2) is 7.56. The molecule has 20 heavy (non-hydrogen) atoms. The Morgan fingerprint density at radius 2 is 1.70 bits per heavy atom. The van der Waals surface area contributed by atoms with E-state index in [1.54, 1.807) is 6.08 Å². The maximum absolute atomic E-state index is 11.5. The minimum Gasteiger partial charge on any atom is -0.352 e. The molecule has 102 valence electrons. The van der Waals surface area contributed by atoms with Crippen LogP contribution in [0.3, 0.4) is 0 Å². The number of amides is 1. The summed E-state index contributed by atoms with van der Waals surface area (Å²) in [6.45, 7) is 4.09. The molecule has 0 aliphatic heterocycles. The summed E-state index contributed by atoms with van der Waals surface area (Å²) in [6, 6.07) is 18.5. The van der Waals surface area contributed by atoms with Crippen molar-refractivity contribution in [3.63, 3.8) is 0 Å². The van der Waals surface area contributed by atoms with Crippen LogP contribution in [-0.2, 0) is 4.79 Å². The second-order valence-corrected chi connectivity index (χ2v) is 5.32. The normalized spacial score (nSPS) is 10.0. The smallest absolute Gasteiger partial charge is 0.230 e. The minimum atomic E-state index is 0.0297. The molecule has 0 fully saturated rings. The van der Waals surface area contributed by atoms with Gasteiger partial charge in [0.2, 0.25) is 5.91 Å². The van der Waals surface area contributed by atoms with E-state index in [4.69, 9.17) is 0 Å². The van der Waals surface area contributed by atoms with Crippen molar-refractivity contribution in [3.05, 3.63) is 67.3 Å². The van der Waals surface area contributed by atoms with Gasteiger partial charge in [-0.2, -0.15) is 0 Å². The van der Waals surface area contributed by atoms with E-state index in [2.05, 4.69) is 36.2 Å². The summed E-state index contributed by atoms with van der Waals surface area (Å²) >= 11 is 1.54. The van der Waals surface area contributed by atoms with Crippen LogP contribution in [0.5, 0.6) is 0 Å². The fourth-order valence-corrected chi connectivity index (χ4v) is 2.49. The van der Waals surface area contributed by atoms with Gasteiger partial charge in [0, 0.05) is 11.4 Å². The van der Waals surface area contributed by atoms with Crippen LogP contribution >= 0.6 is 11.8 Å². The molecule has 2 nitrogen and oxygen atoms in total. The number of nitrogens with one attached hydrogen (secondary N) is 1. The van der Waals surface area contributed by atoms with E-state index in [-0.39, 0.29) is 5.91 Å².